The van der Waals surface area contributed by atoms with Gasteiger partial charge < -0.3 is 13.7 Å². The molecule has 0 saturated heterocycles. The average molecular weight is 598 g/mol. The number of fused-ring (bicyclic) bond motifs is 13. The van der Waals surface area contributed by atoms with E-state index in [1.807, 2.05) is 0 Å². The summed E-state index contributed by atoms with van der Waals surface area (Å²) in [5, 5.41) is 6.61. The van der Waals surface area contributed by atoms with Gasteiger partial charge in [-0.05, 0) is 53.1 Å². The van der Waals surface area contributed by atoms with Crippen LogP contribution in [0.1, 0.15) is 30.5 Å². The Morgan fingerprint density at radius 3 is 1.66 bits per heavy atom. The molecule has 0 bridgehead atoms. The maximum atomic E-state index is 2.58. The fraction of sp³-hybridized carbons (Fsp3) is 0.0698. The fourth-order valence-corrected chi connectivity index (χ4v) is 9.66. The summed E-state index contributed by atoms with van der Waals surface area (Å²) < 4.78 is 7.74. The SMILES string of the molecule is CC1CC=Cc2c1n(-c1cc3c4c(c1)-n1c5ccccc5c5cccc(c51)B4c1cccc4c5ccccc5n-3c14)c1ccccc21. The largest absolute Gasteiger partial charge is 0.313 e. The van der Waals surface area contributed by atoms with Gasteiger partial charge in [-0.1, -0.05) is 110 Å². The maximum Gasteiger partial charge on any atom is 0.252 e. The number of hydrogen-bond acceptors (Lipinski definition) is 0. The van der Waals surface area contributed by atoms with Crippen molar-refractivity contribution in [1.29, 1.82) is 0 Å². The van der Waals surface area contributed by atoms with Crippen molar-refractivity contribution in [2.24, 2.45) is 0 Å². The first-order valence-corrected chi connectivity index (χ1v) is 16.8. The number of benzene rings is 6. The highest BCUT2D eigenvalue weighted by atomic mass is 15.1. The van der Waals surface area contributed by atoms with Crippen molar-refractivity contribution in [2.45, 2.75) is 19.3 Å². The zero-order valence-corrected chi connectivity index (χ0v) is 25.9. The number of hydrogen-bond donors (Lipinski definition) is 0. The van der Waals surface area contributed by atoms with Crippen LogP contribution >= 0.6 is 0 Å². The topological polar surface area (TPSA) is 14.8 Å². The summed E-state index contributed by atoms with van der Waals surface area (Å²) in [4.78, 5) is 0. The van der Waals surface area contributed by atoms with Gasteiger partial charge in [-0.2, -0.15) is 0 Å². The number of nitrogens with zero attached hydrogens (tertiary/aromatic N) is 3. The summed E-state index contributed by atoms with van der Waals surface area (Å²) in [5.41, 5.74) is 17.3. The molecule has 6 aromatic carbocycles. The molecule has 3 aliphatic rings. The molecule has 0 spiro atoms. The van der Waals surface area contributed by atoms with Crippen molar-refractivity contribution in [2.75, 3.05) is 0 Å². The molecule has 1 unspecified atom stereocenters. The van der Waals surface area contributed by atoms with E-state index < -0.39 is 0 Å². The minimum absolute atomic E-state index is 0.146. The number of para-hydroxylation sites is 5. The van der Waals surface area contributed by atoms with E-state index in [0.29, 0.717) is 5.92 Å². The molecule has 0 saturated carbocycles. The van der Waals surface area contributed by atoms with E-state index in [1.165, 1.54) is 99.2 Å². The first-order chi connectivity index (χ1) is 23.3. The molecule has 3 nitrogen and oxygen atoms in total. The van der Waals surface area contributed by atoms with Gasteiger partial charge in [0.2, 0.25) is 0 Å². The molecule has 0 amide bonds. The van der Waals surface area contributed by atoms with Crippen LogP contribution in [0.2, 0.25) is 0 Å². The molecular formula is C43H28BN3. The van der Waals surface area contributed by atoms with Crippen molar-refractivity contribution in [3.63, 3.8) is 0 Å². The summed E-state index contributed by atoms with van der Waals surface area (Å²) in [6.07, 6.45) is 5.75. The quantitative estimate of drug-likeness (QED) is 0.169. The normalized spacial score (nSPS) is 15.8. The van der Waals surface area contributed by atoms with Crippen LogP contribution in [0.25, 0.3) is 77.7 Å². The highest BCUT2D eigenvalue weighted by molar-refractivity contribution is 7.00. The highest BCUT2D eigenvalue weighted by Gasteiger charge is 2.41. The van der Waals surface area contributed by atoms with E-state index in [0.717, 1.165) is 6.42 Å². The summed E-state index contributed by atoms with van der Waals surface area (Å²) in [5.74, 6) is 0.419. The minimum atomic E-state index is 0.146. The number of allylic oxidation sites excluding steroid dienone is 1. The molecule has 4 heteroatoms. The summed E-state index contributed by atoms with van der Waals surface area (Å²) >= 11 is 0. The summed E-state index contributed by atoms with van der Waals surface area (Å²) in [6, 6.07) is 45.8. The van der Waals surface area contributed by atoms with Crippen molar-refractivity contribution in [3.8, 4) is 17.1 Å². The second-order valence-electron chi connectivity index (χ2n) is 13.7. The third-order valence-corrected chi connectivity index (χ3v) is 11.4. The van der Waals surface area contributed by atoms with Crippen molar-refractivity contribution >= 4 is 83.7 Å². The van der Waals surface area contributed by atoms with Crippen molar-refractivity contribution in [1.82, 2.24) is 13.7 Å². The molecule has 0 fully saturated rings. The van der Waals surface area contributed by atoms with Gasteiger partial charge in [0.1, 0.15) is 0 Å². The van der Waals surface area contributed by atoms with Crippen LogP contribution in [0.3, 0.4) is 0 Å². The lowest BCUT2D eigenvalue weighted by atomic mass is 9.34. The average Bonchev–Trinajstić information content (AvgIpc) is 3.76. The molecule has 1 aliphatic carbocycles. The molecule has 0 radical (unpaired) electrons. The first kappa shape index (κ1) is 24.5. The van der Waals surface area contributed by atoms with E-state index in [4.69, 9.17) is 0 Å². The Morgan fingerprint density at radius 1 is 0.553 bits per heavy atom. The van der Waals surface area contributed by atoms with E-state index in [1.54, 1.807) is 0 Å². The lowest BCUT2D eigenvalue weighted by Crippen LogP contribution is -2.59. The van der Waals surface area contributed by atoms with Crippen LogP contribution in [0.15, 0.2) is 127 Å². The van der Waals surface area contributed by atoms with Gasteiger partial charge in [-0.3, -0.25) is 0 Å². The maximum absolute atomic E-state index is 2.58. The number of aromatic nitrogens is 3. The van der Waals surface area contributed by atoms with Crippen molar-refractivity contribution in [3.05, 3.63) is 139 Å². The Labute approximate surface area is 271 Å². The van der Waals surface area contributed by atoms with Crippen molar-refractivity contribution < 1.29 is 0 Å². The lowest BCUT2D eigenvalue weighted by Gasteiger charge is -2.34. The van der Waals surface area contributed by atoms with Gasteiger partial charge in [-0.25, -0.2) is 0 Å². The second kappa shape index (κ2) is 8.34. The fourth-order valence-electron chi connectivity index (χ4n) is 9.66. The van der Waals surface area contributed by atoms with E-state index in [2.05, 4.69) is 154 Å². The van der Waals surface area contributed by atoms with Gasteiger partial charge >= 0.3 is 0 Å². The third-order valence-electron chi connectivity index (χ3n) is 11.4. The predicted octanol–water partition coefficient (Wildman–Crippen LogP) is 8.49. The molecule has 9 aromatic rings. The monoisotopic (exact) mass is 597 g/mol. The van der Waals surface area contributed by atoms with Gasteiger partial charge in [-0.15, -0.1) is 0 Å². The molecule has 0 N–H and O–H groups in total. The van der Waals surface area contributed by atoms with Crippen LogP contribution in [-0.2, 0) is 0 Å². The van der Waals surface area contributed by atoms with Crippen LogP contribution in [0, 0.1) is 0 Å². The standard InChI is InChI=1S/C43H28BN3/c1-25-11-8-15-30-27-12-2-5-20-35(27)45(41(25)30)26-23-38-40-39(24-26)47-37-22-7-4-14-29(37)32-17-10-19-34(43(32)47)44(40)33-18-9-16-31-28-13-3-6-21-36(28)46(38)42(31)33/h2-10,12-25H,11H2,1H3. The van der Waals surface area contributed by atoms with Crippen LogP contribution in [0.5, 0.6) is 0 Å². The Kier molecular flexibility index (Phi) is 4.35. The highest BCUT2D eigenvalue weighted by Crippen LogP contribution is 2.43. The van der Waals surface area contributed by atoms with Crippen LogP contribution in [-0.4, -0.2) is 20.4 Å². The van der Waals surface area contributed by atoms with Gasteiger partial charge in [0, 0.05) is 72.2 Å². The van der Waals surface area contributed by atoms with Gasteiger partial charge in [0.05, 0.1) is 16.6 Å². The summed E-state index contributed by atoms with van der Waals surface area (Å²) in [6.45, 7) is 2.53. The van der Waals surface area contributed by atoms with Crippen LogP contribution < -0.4 is 16.4 Å². The second-order valence-corrected chi connectivity index (χ2v) is 13.7. The minimum Gasteiger partial charge on any atom is -0.313 e. The smallest absolute Gasteiger partial charge is 0.252 e. The summed E-state index contributed by atoms with van der Waals surface area (Å²) in [7, 11) is 0. The Hall–Kier alpha value is -5.74. The Bertz CT molecular complexity index is 2770. The van der Waals surface area contributed by atoms with Crippen LogP contribution in [0.4, 0.5) is 0 Å². The molecule has 2 aliphatic heterocycles. The molecule has 47 heavy (non-hydrogen) atoms. The Morgan fingerprint density at radius 2 is 1.06 bits per heavy atom. The molecular weight excluding hydrogens is 569 g/mol. The van der Waals surface area contributed by atoms with Gasteiger partial charge in [0.25, 0.3) is 6.71 Å². The Balaban J connectivity index is 1.33. The zero-order chi connectivity index (χ0) is 30.5. The van der Waals surface area contributed by atoms with E-state index in [-0.39, 0.29) is 6.71 Å². The number of rotatable bonds is 1. The molecule has 12 rings (SSSR count). The predicted molar refractivity (Wildman–Crippen MR) is 199 cm³/mol. The molecule has 1 atom stereocenters. The first-order valence-electron chi connectivity index (χ1n) is 16.8. The van der Waals surface area contributed by atoms with E-state index >= 15 is 0 Å². The zero-order valence-electron chi connectivity index (χ0n) is 25.9. The molecule has 5 heterocycles. The lowest BCUT2D eigenvalue weighted by molar-refractivity contribution is 0.723. The third kappa shape index (κ3) is 2.79. The molecule has 3 aromatic heterocycles. The van der Waals surface area contributed by atoms with E-state index in [9.17, 15) is 0 Å². The van der Waals surface area contributed by atoms with Gasteiger partial charge in [0.15, 0.2) is 0 Å². The molecule has 218 valence electrons.